The molecule has 1 unspecified atom stereocenters. The maximum Gasteiger partial charge on any atom is 0.164 e. The summed E-state index contributed by atoms with van der Waals surface area (Å²) in [7, 11) is 0. The van der Waals surface area contributed by atoms with E-state index in [1.807, 2.05) is 6.92 Å². The van der Waals surface area contributed by atoms with Crippen LogP contribution in [0.5, 0.6) is 5.75 Å². The lowest BCUT2D eigenvalue weighted by molar-refractivity contribution is 0.0952. The van der Waals surface area contributed by atoms with Gasteiger partial charge in [-0.15, -0.1) is 0 Å². The van der Waals surface area contributed by atoms with Gasteiger partial charge in [0.25, 0.3) is 0 Å². The number of carbonyl (C=O) groups excluding carboxylic acids is 1. The van der Waals surface area contributed by atoms with Gasteiger partial charge in [0.05, 0.1) is 12.8 Å². The second kappa shape index (κ2) is 6.50. The van der Waals surface area contributed by atoms with Crippen LogP contribution in [-0.2, 0) is 4.74 Å². The zero-order chi connectivity index (χ0) is 12.8. The molecule has 18 heavy (non-hydrogen) atoms. The Balaban J connectivity index is 1.96. The number of nitrogens with zero attached hydrogens (tertiary/aromatic N) is 1. The van der Waals surface area contributed by atoms with Crippen molar-refractivity contribution in [2.45, 2.75) is 26.2 Å². The second-order valence-electron chi connectivity index (χ2n) is 4.61. The highest BCUT2D eigenvalue weighted by Crippen LogP contribution is 2.20. The maximum absolute atomic E-state index is 12.1. The quantitative estimate of drug-likeness (QED) is 0.727. The highest BCUT2D eigenvalue weighted by atomic mass is 16.5. The summed E-state index contributed by atoms with van der Waals surface area (Å²) < 4.78 is 10.8. The molecule has 1 atom stereocenters. The summed E-state index contributed by atoms with van der Waals surface area (Å²) in [6, 6.07) is 1.78. The maximum atomic E-state index is 12.1. The van der Waals surface area contributed by atoms with Crippen LogP contribution in [-0.4, -0.2) is 30.6 Å². The van der Waals surface area contributed by atoms with Crippen LogP contribution in [0.2, 0.25) is 0 Å². The van der Waals surface area contributed by atoms with Crippen molar-refractivity contribution in [3.63, 3.8) is 0 Å². The van der Waals surface area contributed by atoms with Crippen LogP contribution in [0.4, 0.5) is 0 Å². The normalized spacial score (nSPS) is 18.8. The summed E-state index contributed by atoms with van der Waals surface area (Å²) in [4.78, 5) is 16.1. The van der Waals surface area contributed by atoms with Crippen molar-refractivity contribution in [3.8, 4) is 5.75 Å². The molecule has 0 aromatic carbocycles. The van der Waals surface area contributed by atoms with E-state index in [1.165, 1.54) is 0 Å². The van der Waals surface area contributed by atoms with E-state index in [2.05, 4.69) is 4.98 Å². The monoisotopic (exact) mass is 249 g/mol. The number of carbonyl (C=O) groups is 1. The molecule has 98 valence electrons. The van der Waals surface area contributed by atoms with Crippen LogP contribution >= 0.6 is 0 Å². The minimum atomic E-state index is 0.125. The first kappa shape index (κ1) is 13.0. The Morgan fingerprint density at radius 1 is 1.56 bits per heavy atom. The molecule has 1 aliphatic rings. The Hall–Kier alpha value is -1.42. The molecule has 1 saturated heterocycles. The van der Waals surface area contributed by atoms with E-state index >= 15 is 0 Å². The van der Waals surface area contributed by atoms with Gasteiger partial charge < -0.3 is 9.47 Å². The Morgan fingerprint density at radius 2 is 2.44 bits per heavy atom. The molecule has 4 heteroatoms. The number of rotatable bonds is 6. The fraction of sp³-hybridized carbons (Fsp3) is 0.571. The smallest absolute Gasteiger partial charge is 0.164 e. The zero-order valence-corrected chi connectivity index (χ0v) is 10.7. The van der Waals surface area contributed by atoms with E-state index in [0.717, 1.165) is 19.4 Å². The predicted octanol–water partition coefficient (Wildman–Crippen LogP) is 2.48. The molecule has 0 amide bonds. The molecule has 4 nitrogen and oxygen atoms in total. The number of ketones is 1. The number of aromatic nitrogens is 1. The van der Waals surface area contributed by atoms with E-state index in [1.54, 1.807) is 18.5 Å². The minimum Gasteiger partial charge on any atom is -0.492 e. The average Bonchev–Trinajstić information content (AvgIpc) is 2.89. The molecule has 0 radical (unpaired) electrons. The van der Waals surface area contributed by atoms with Crippen molar-refractivity contribution in [1.29, 1.82) is 0 Å². The van der Waals surface area contributed by atoms with Crippen molar-refractivity contribution in [1.82, 2.24) is 4.98 Å². The van der Waals surface area contributed by atoms with Gasteiger partial charge in [0.1, 0.15) is 5.75 Å². The van der Waals surface area contributed by atoms with E-state index in [0.29, 0.717) is 36.9 Å². The first-order valence-electron chi connectivity index (χ1n) is 6.48. The van der Waals surface area contributed by atoms with Crippen molar-refractivity contribution in [2.24, 2.45) is 5.92 Å². The molecule has 0 aliphatic carbocycles. The second-order valence-corrected chi connectivity index (χ2v) is 4.61. The van der Waals surface area contributed by atoms with Gasteiger partial charge in [-0.2, -0.15) is 0 Å². The lowest BCUT2D eigenvalue weighted by atomic mass is 9.98. The summed E-state index contributed by atoms with van der Waals surface area (Å²) in [5, 5.41) is 0. The Morgan fingerprint density at radius 3 is 3.17 bits per heavy atom. The summed E-state index contributed by atoms with van der Waals surface area (Å²) >= 11 is 0. The summed E-state index contributed by atoms with van der Waals surface area (Å²) in [5.74, 6) is 1.16. The van der Waals surface area contributed by atoms with E-state index in [4.69, 9.17) is 9.47 Å². The first-order valence-corrected chi connectivity index (χ1v) is 6.48. The zero-order valence-electron chi connectivity index (χ0n) is 10.7. The minimum absolute atomic E-state index is 0.125. The summed E-state index contributed by atoms with van der Waals surface area (Å²) in [6.45, 7) is 4.17. The van der Waals surface area contributed by atoms with Gasteiger partial charge >= 0.3 is 0 Å². The first-order chi connectivity index (χ1) is 8.79. The molecular weight excluding hydrogens is 230 g/mol. The molecule has 1 aliphatic heterocycles. The number of Topliss-reactive ketones (excluding diaryl/α,β-unsaturated/α-hetero) is 1. The number of hydrogen-bond acceptors (Lipinski definition) is 4. The Bertz CT molecular complexity index is 400. The van der Waals surface area contributed by atoms with E-state index in [-0.39, 0.29) is 5.78 Å². The largest absolute Gasteiger partial charge is 0.492 e. The molecule has 1 aromatic rings. The molecule has 0 bridgehead atoms. The van der Waals surface area contributed by atoms with Gasteiger partial charge in [-0.3, -0.25) is 9.78 Å². The Labute approximate surface area is 107 Å². The van der Waals surface area contributed by atoms with Gasteiger partial charge in [0, 0.05) is 31.4 Å². The van der Waals surface area contributed by atoms with Crippen molar-refractivity contribution >= 4 is 5.78 Å². The third-order valence-electron chi connectivity index (χ3n) is 3.01. The van der Waals surface area contributed by atoms with Gasteiger partial charge in [-0.1, -0.05) is 6.92 Å². The van der Waals surface area contributed by atoms with Crippen LogP contribution in [0.25, 0.3) is 0 Å². The van der Waals surface area contributed by atoms with Crippen LogP contribution < -0.4 is 4.74 Å². The molecule has 2 heterocycles. The molecule has 0 saturated carbocycles. The van der Waals surface area contributed by atoms with Crippen LogP contribution in [0, 0.1) is 5.92 Å². The van der Waals surface area contributed by atoms with Crippen LogP contribution in [0.1, 0.15) is 36.5 Å². The lowest BCUT2D eigenvalue weighted by Gasteiger charge is -2.08. The highest BCUT2D eigenvalue weighted by Gasteiger charge is 2.20. The van der Waals surface area contributed by atoms with Gasteiger partial charge in [-0.05, 0) is 24.8 Å². The van der Waals surface area contributed by atoms with Crippen molar-refractivity contribution in [2.75, 3.05) is 19.8 Å². The molecule has 2 rings (SSSR count). The van der Waals surface area contributed by atoms with Crippen LogP contribution in [0.3, 0.4) is 0 Å². The van der Waals surface area contributed by atoms with Gasteiger partial charge in [0.15, 0.2) is 5.78 Å². The predicted molar refractivity (Wildman–Crippen MR) is 67.9 cm³/mol. The van der Waals surface area contributed by atoms with Gasteiger partial charge in [-0.25, -0.2) is 0 Å². The third-order valence-corrected chi connectivity index (χ3v) is 3.01. The molecule has 0 spiro atoms. The SMILES string of the molecule is CCCOc1cncc(C(=O)CC2CCOC2)c1. The fourth-order valence-electron chi connectivity index (χ4n) is 1.99. The number of pyridine rings is 1. The highest BCUT2D eigenvalue weighted by molar-refractivity contribution is 5.96. The molecular formula is C14H19NO3. The molecule has 1 aromatic heterocycles. The van der Waals surface area contributed by atoms with Gasteiger partial charge in [0.2, 0.25) is 0 Å². The number of hydrogen-bond donors (Lipinski definition) is 0. The standard InChI is InChI=1S/C14H19NO3/c1-2-4-18-13-7-12(8-15-9-13)14(16)6-11-3-5-17-10-11/h7-9,11H,2-6,10H2,1H3. The molecule has 0 N–H and O–H groups in total. The summed E-state index contributed by atoms with van der Waals surface area (Å²) in [6.07, 6.45) is 5.71. The van der Waals surface area contributed by atoms with Crippen molar-refractivity contribution in [3.05, 3.63) is 24.0 Å². The fourth-order valence-corrected chi connectivity index (χ4v) is 1.99. The lowest BCUT2D eigenvalue weighted by Crippen LogP contribution is -2.09. The van der Waals surface area contributed by atoms with E-state index < -0.39 is 0 Å². The molecule has 1 fully saturated rings. The summed E-state index contributed by atoms with van der Waals surface area (Å²) in [5.41, 5.74) is 0.635. The van der Waals surface area contributed by atoms with Crippen molar-refractivity contribution < 1.29 is 14.3 Å². The topological polar surface area (TPSA) is 48.4 Å². The average molecular weight is 249 g/mol. The number of ether oxygens (including phenoxy) is 2. The Kier molecular flexibility index (Phi) is 4.70. The van der Waals surface area contributed by atoms with E-state index in [9.17, 15) is 4.79 Å². The van der Waals surface area contributed by atoms with Crippen LogP contribution in [0.15, 0.2) is 18.5 Å². The third kappa shape index (κ3) is 3.53.